The molecule has 0 unspecified atom stereocenters. The molecule has 1 aliphatic rings. The highest BCUT2D eigenvalue weighted by Crippen LogP contribution is 2.18. The Morgan fingerprint density at radius 1 is 1.33 bits per heavy atom. The number of aromatic nitrogens is 2. The van der Waals surface area contributed by atoms with Crippen LogP contribution in [0, 0.1) is 0 Å². The molecule has 84 valence electrons. The van der Waals surface area contributed by atoms with Crippen LogP contribution in [0.5, 0.6) is 0 Å². The third kappa shape index (κ3) is 3.32. The van der Waals surface area contributed by atoms with Crippen LogP contribution in [-0.2, 0) is 6.54 Å². The smallest absolute Gasteiger partial charge is 0.205 e. The van der Waals surface area contributed by atoms with Crippen LogP contribution in [0.1, 0.15) is 11.4 Å². The second kappa shape index (κ2) is 5.67. The largest absolute Gasteiger partial charge is 0.363 e. The maximum Gasteiger partial charge on any atom is 0.205 e. The van der Waals surface area contributed by atoms with E-state index in [0.29, 0.717) is 0 Å². The van der Waals surface area contributed by atoms with Crippen molar-refractivity contribution in [3.8, 4) is 0 Å². The molecule has 0 atom stereocenters. The molecule has 0 amide bonds. The first-order chi connectivity index (χ1) is 7.38. The highest BCUT2D eigenvalue weighted by atomic mass is 32.2. The molecule has 2 heterocycles. The molecular formula is C9H16N4S2. The van der Waals surface area contributed by atoms with Crippen LogP contribution < -0.4 is 5.32 Å². The Kier molecular flexibility index (Phi) is 4.22. The fourth-order valence-electron chi connectivity index (χ4n) is 1.57. The summed E-state index contributed by atoms with van der Waals surface area (Å²) in [5, 5.41) is 13.3. The van der Waals surface area contributed by atoms with Crippen LogP contribution in [-0.4, -0.2) is 46.7 Å². The van der Waals surface area contributed by atoms with Crippen LogP contribution >= 0.6 is 23.1 Å². The van der Waals surface area contributed by atoms with Crippen molar-refractivity contribution in [3.05, 3.63) is 5.01 Å². The van der Waals surface area contributed by atoms with Crippen LogP contribution in [0.2, 0.25) is 0 Å². The topological polar surface area (TPSA) is 41.1 Å². The minimum absolute atomic E-state index is 0.911. The second-order valence-electron chi connectivity index (χ2n) is 3.49. The summed E-state index contributed by atoms with van der Waals surface area (Å²) in [4.78, 5) is 2.47. The molecule has 0 bridgehead atoms. The summed E-state index contributed by atoms with van der Waals surface area (Å²) >= 11 is 3.70. The van der Waals surface area contributed by atoms with Gasteiger partial charge in [0.2, 0.25) is 5.13 Å². The predicted octanol–water partition coefficient (Wildman–Crippen LogP) is 1.52. The van der Waals surface area contributed by atoms with Crippen molar-refractivity contribution in [2.45, 2.75) is 13.0 Å². The Hall–Kier alpha value is -0.330. The Balaban J connectivity index is 1.89. The predicted molar refractivity (Wildman–Crippen MR) is 66.7 cm³/mol. The lowest BCUT2D eigenvalue weighted by atomic mass is 10.4. The number of anilines is 1. The van der Waals surface area contributed by atoms with Gasteiger partial charge >= 0.3 is 0 Å². The molecule has 1 N–H and O–H groups in total. The molecule has 6 heteroatoms. The first-order valence-corrected chi connectivity index (χ1v) is 7.16. The molecule has 0 aliphatic carbocycles. The van der Waals surface area contributed by atoms with Gasteiger partial charge in [0.1, 0.15) is 5.01 Å². The molecule has 2 rings (SSSR count). The number of rotatable bonds is 3. The SMILES string of the molecule is CNc1nnc(CN2CCCSCC2)s1. The van der Waals surface area contributed by atoms with Gasteiger partial charge in [-0.2, -0.15) is 11.8 Å². The third-order valence-corrected chi connectivity index (χ3v) is 4.33. The summed E-state index contributed by atoms with van der Waals surface area (Å²) in [5.74, 6) is 2.55. The van der Waals surface area contributed by atoms with Gasteiger partial charge in [0.05, 0.1) is 6.54 Å². The summed E-state index contributed by atoms with van der Waals surface area (Å²) < 4.78 is 0. The average molecular weight is 244 g/mol. The number of thioether (sulfide) groups is 1. The summed E-state index contributed by atoms with van der Waals surface area (Å²) in [7, 11) is 1.88. The molecule has 1 aromatic rings. The van der Waals surface area contributed by atoms with Gasteiger partial charge in [0.15, 0.2) is 0 Å². The van der Waals surface area contributed by atoms with Gasteiger partial charge < -0.3 is 5.32 Å². The van der Waals surface area contributed by atoms with E-state index in [1.807, 2.05) is 7.05 Å². The molecule has 0 aromatic carbocycles. The minimum atomic E-state index is 0.911. The normalized spacial score (nSPS) is 18.7. The fourth-order valence-corrected chi connectivity index (χ4v) is 3.23. The highest BCUT2D eigenvalue weighted by Gasteiger charge is 2.12. The number of hydrogen-bond donors (Lipinski definition) is 1. The van der Waals surface area contributed by atoms with Gasteiger partial charge in [-0.05, 0) is 18.7 Å². The molecule has 0 radical (unpaired) electrons. The van der Waals surface area contributed by atoms with E-state index < -0.39 is 0 Å². The number of nitrogens with zero attached hydrogens (tertiary/aromatic N) is 3. The molecule has 1 fully saturated rings. The van der Waals surface area contributed by atoms with Gasteiger partial charge in [-0.1, -0.05) is 11.3 Å². The van der Waals surface area contributed by atoms with Gasteiger partial charge in [0, 0.05) is 19.3 Å². The average Bonchev–Trinajstić information content (AvgIpc) is 2.54. The van der Waals surface area contributed by atoms with Crippen LogP contribution in [0.4, 0.5) is 5.13 Å². The standard InChI is InChI=1S/C9H16N4S2/c1-10-9-12-11-8(15-9)7-13-3-2-5-14-6-4-13/h2-7H2,1H3,(H,10,12). The molecule has 1 aromatic heterocycles. The molecular weight excluding hydrogens is 228 g/mol. The maximum atomic E-state index is 4.17. The van der Waals surface area contributed by atoms with E-state index in [1.165, 1.54) is 31.0 Å². The highest BCUT2D eigenvalue weighted by molar-refractivity contribution is 7.99. The third-order valence-electron chi connectivity index (χ3n) is 2.35. The van der Waals surface area contributed by atoms with E-state index in [4.69, 9.17) is 0 Å². The Bertz CT molecular complexity index is 294. The van der Waals surface area contributed by atoms with Crippen LogP contribution in [0.3, 0.4) is 0 Å². The van der Waals surface area contributed by atoms with Crippen molar-refractivity contribution in [2.24, 2.45) is 0 Å². The van der Waals surface area contributed by atoms with E-state index >= 15 is 0 Å². The molecule has 0 spiro atoms. The zero-order valence-corrected chi connectivity index (χ0v) is 10.5. The lowest BCUT2D eigenvalue weighted by Gasteiger charge is -2.16. The quantitative estimate of drug-likeness (QED) is 0.873. The van der Waals surface area contributed by atoms with Crippen molar-refractivity contribution in [1.29, 1.82) is 0 Å². The van der Waals surface area contributed by atoms with E-state index in [9.17, 15) is 0 Å². The monoisotopic (exact) mass is 244 g/mol. The Morgan fingerprint density at radius 3 is 3.07 bits per heavy atom. The van der Waals surface area contributed by atoms with Crippen molar-refractivity contribution in [2.75, 3.05) is 37.0 Å². The zero-order valence-electron chi connectivity index (χ0n) is 8.90. The van der Waals surface area contributed by atoms with Crippen molar-refractivity contribution in [1.82, 2.24) is 15.1 Å². The minimum Gasteiger partial charge on any atom is -0.363 e. The van der Waals surface area contributed by atoms with Crippen molar-refractivity contribution < 1.29 is 0 Å². The van der Waals surface area contributed by atoms with Crippen LogP contribution in [0.15, 0.2) is 0 Å². The van der Waals surface area contributed by atoms with Crippen LogP contribution in [0.25, 0.3) is 0 Å². The second-order valence-corrected chi connectivity index (χ2v) is 5.78. The first kappa shape index (κ1) is 11.2. The fraction of sp³-hybridized carbons (Fsp3) is 0.778. The van der Waals surface area contributed by atoms with Gasteiger partial charge in [-0.15, -0.1) is 10.2 Å². The molecule has 1 saturated heterocycles. The molecule has 1 aliphatic heterocycles. The first-order valence-electron chi connectivity index (χ1n) is 5.19. The maximum absolute atomic E-state index is 4.17. The molecule has 15 heavy (non-hydrogen) atoms. The number of nitrogens with one attached hydrogen (secondary N) is 1. The summed E-state index contributed by atoms with van der Waals surface area (Å²) in [5.41, 5.74) is 0. The van der Waals surface area contributed by atoms with E-state index in [1.54, 1.807) is 11.3 Å². The van der Waals surface area contributed by atoms with Crippen molar-refractivity contribution >= 4 is 28.2 Å². The van der Waals surface area contributed by atoms with E-state index in [-0.39, 0.29) is 0 Å². The summed E-state index contributed by atoms with van der Waals surface area (Å²) in [6.07, 6.45) is 1.29. The van der Waals surface area contributed by atoms with E-state index in [2.05, 4.69) is 32.2 Å². The Morgan fingerprint density at radius 2 is 2.27 bits per heavy atom. The Labute approximate surface area is 98.5 Å². The summed E-state index contributed by atoms with van der Waals surface area (Å²) in [6.45, 7) is 3.33. The van der Waals surface area contributed by atoms with Gasteiger partial charge in [-0.25, -0.2) is 0 Å². The van der Waals surface area contributed by atoms with Crippen molar-refractivity contribution in [3.63, 3.8) is 0 Å². The van der Waals surface area contributed by atoms with Gasteiger partial charge in [-0.3, -0.25) is 4.90 Å². The molecule has 4 nitrogen and oxygen atoms in total. The van der Waals surface area contributed by atoms with E-state index in [0.717, 1.165) is 16.7 Å². The lowest BCUT2D eigenvalue weighted by Crippen LogP contribution is -2.25. The summed E-state index contributed by atoms with van der Waals surface area (Å²) in [6, 6.07) is 0. The zero-order chi connectivity index (χ0) is 10.5. The molecule has 0 saturated carbocycles. The lowest BCUT2D eigenvalue weighted by molar-refractivity contribution is 0.286. The number of hydrogen-bond acceptors (Lipinski definition) is 6. The van der Waals surface area contributed by atoms with Gasteiger partial charge in [0.25, 0.3) is 0 Å².